The lowest BCUT2D eigenvalue weighted by Gasteiger charge is -2.12. The summed E-state index contributed by atoms with van der Waals surface area (Å²) >= 11 is 5.94. The summed E-state index contributed by atoms with van der Waals surface area (Å²) in [6.07, 6.45) is 3.16. The van der Waals surface area contributed by atoms with Crippen LogP contribution in [-0.2, 0) is 11.2 Å². The second kappa shape index (κ2) is 7.40. The minimum atomic E-state index is -0.506. The maximum atomic E-state index is 13.8. The predicted octanol–water partition coefficient (Wildman–Crippen LogP) is 3.08. The Morgan fingerprint density at radius 2 is 2.20 bits per heavy atom. The lowest BCUT2D eigenvalue weighted by atomic mass is 10.1. The molecule has 1 amide bonds. The molecule has 0 saturated heterocycles. The Hall–Kier alpha value is -2.80. The van der Waals surface area contributed by atoms with Crippen molar-refractivity contribution in [3.05, 3.63) is 65.0 Å². The summed E-state index contributed by atoms with van der Waals surface area (Å²) in [6, 6.07) is 7.52. The molecule has 8 heteroatoms. The van der Waals surface area contributed by atoms with E-state index in [0.29, 0.717) is 11.6 Å². The fourth-order valence-electron chi connectivity index (χ4n) is 2.31. The molecule has 2 N–H and O–H groups in total. The van der Waals surface area contributed by atoms with Gasteiger partial charge in [-0.15, -0.1) is 0 Å². The monoisotopic (exact) mass is 359 g/mol. The molecule has 25 heavy (non-hydrogen) atoms. The van der Waals surface area contributed by atoms with Crippen LogP contribution in [-0.4, -0.2) is 26.1 Å². The standard InChI is InChI=1S/C17H15ClFN5O/c1-10(16-22-17(24-23-16)11-4-3-7-20-9-11)21-15(25)8-12-13(18)5-2-6-14(12)19/h2-7,9-10H,8H2,1H3,(H,21,25)(H,22,23,24)/t10-/m0/s1. The molecule has 0 aliphatic rings. The van der Waals surface area contributed by atoms with E-state index in [0.717, 1.165) is 5.56 Å². The van der Waals surface area contributed by atoms with Crippen LogP contribution in [0.15, 0.2) is 42.7 Å². The van der Waals surface area contributed by atoms with Crippen LogP contribution >= 0.6 is 11.6 Å². The van der Waals surface area contributed by atoms with E-state index in [2.05, 4.69) is 25.5 Å². The minimum Gasteiger partial charge on any atom is -0.346 e. The molecule has 2 aromatic heterocycles. The van der Waals surface area contributed by atoms with Gasteiger partial charge in [-0.1, -0.05) is 17.7 Å². The maximum Gasteiger partial charge on any atom is 0.225 e. The molecule has 0 aliphatic heterocycles. The number of H-pyrrole nitrogens is 1. The van der Waals surface area contributed by atoms with Crippen LogP contribution in [0.5, 0.6) is 0 Å². The molecule has 2 heterocycles. The van der Waals surface area contributed by atoms with E-state index in [-0.39, 0.29) is 22.9 Å². The van der Waals surface area contributed by atoms with Gasteiger partial charge in [-0.05, 0) is 31.2 Å². The summed E-state index contributed by atoms with van der Waals surface area (Å²) in [7, 11) is 0. The third-order valence-electron chi connectivity index (χ3n) is 3.61. The summed E-state index contributed by atoms with van der Waals surface area (Å²) in [4.78, 5) is 20.5. The van der Waals surface area contributed by atoms with Gasteiger partial charge in [0.25, 0.3) is 0 Å². The van der Waals surface area contributed by atoms with Crippen LogP contribution in [0.25, 0.3) is 11.4 Å². The Kier molecular flexibility index (Phi) is 5.04. The number of benzene rings is 1. The number of hydrogen-bond donors (Lipinski definition) is 2. The maximum absolute atomic E-state index is 13.8. The van der Waals surface area contributed by atoms with Gasteiger partial charge in [-0.3, -0.25) is 14.9 Å². The number of nitrogens with one attached hydrogen (secondary N) is 2. The molecular weight excluding hydrogens is 345 g/mol. The zero-order valence-corrected chi connectivity index (χ0v) is 14.1. The van der Waals surface area contributed by atoms with Crippen LogP contribution in [0.4, 0.5) is 4.39 Å². The Morgan fingerprint density at radius 1 is 1.36 bits per heavy atom. The number of aromatic nitrogens is 4. The molecule has 0 radical (unpaired) electrons. The molecule has 3 rings (SSSR count). The van der Waals surface area contributed by atoms with Gasteiger partial charge in [0, 0.05) is 28.5 Å². The highest BCUT2D eigenvalue weighted by Crippen LogP contribution is 2.20. The van der Waals surface area contributed by atoms with Gasteiger partial charge in [-0.25, -0.2) is 9.37 Å². The summed E-state index contributed by atoms with van der Waals surface area (Å²) in [5.41, 5.74) is 0.934. The van der Waals surface area contributed by atoms with Gasteiger partial charge >= 0.3 is 0 Å². The Balaban J connectivity index is 1.67. The second-order valence-corrected chi connectivity index (χ2v) is 5.86. The number of pyridine rings is 1. The van der Waals surface area contributed by atoms with Crippen molar-refractivity contribution in [2.24, 2.45) is 0 Å². The number of rotatable bonds is 5. The van der Waals surface area contributed by atoms with Crippen LogP contribution in [0.3, 0.4) is 0 Å². The van der Waals surface area contributed by atoms with E-state index in [1.54, 1.807) is 31.5 Å². The summed E-state index contributed by atoms with van der Waals surface area (Å²) < 4.78 is 13.8. The van der Waals surface area contributed by atoms with Gasteiger partial charge < -0.3 is 5.32 Å². The summed E-state index contributed by atoms with van der Waals surface area (Å²) in [6.45, 7) is 1.76. The highest BCUT2D eigenvalue weighted by atomic mass is 35.5. The quantitative estimate of drug-likeness (QED) is 0.733. The number of nitrogens with zero attached hydrogens (tertiary/aromatic N) is 3. The first-order chi connectivity index (χ1) is 12.0. The molecule has 0 saturated carbocycles. The SMILES string of the molecule is C[C@H](NC(=O)Cc1c(F)cccc1Cl)c1nc(-c2cccnc2)n[nH]1. The van der Waals surface area contributed by atoms with Gasteiger partial charge in [-0.2, -0.15) is 5.10 Å². The van der Waals surface area contributed by atoms with Gasteiger partial charge in [0.1, 0.15) is 11.6 Å². The lowest BCUT2D eigenvalue weighted by molar-refractivity contribution is -0.121. The van der Waals surface area contributed by atoms with Crippen LogP contribution in [0.2, 0.25) is 5.02 Å². The Bertz CT molecular complexity index is 864. The van der Waals surface area contributed by atoms with Crippen molar-refractivity contribution >= 4 is 17.5 Å². The normalized spacial score (nSPS) is 12.0. The molecule has 0 fully saturated rings. The van der Waals surface area contributed by atoms with Crippen molar-refractivity contribution in [3.63, 3.8) is 0 Å². The summed E-state index contributed by atoms with van der Waals surface area (Å²) in [5, 5.41) is 9.88. The van der Waals surface area contributed by atoms with E-state index >= 15 is 0 Å². The number of halogens is 2. The average molecular weight is 360 g/mol. The zero-order chi connectivity index (χ0) is 17.8. The van der Waals surface area contributed by atoms with Crippen LogP contribution in [0.1, 0.15) is 24.4 Å². The van der Waals surface area contributed by atoms with Crippen molar-refractivity contribution in [2.45, 2.75) is 19.4 Å². The highest BCUT2D eigenvalue weighted by molar-refractivity contribution is 6.31. The number of carbonyl (C=O) groups excluding carboxylic acids is 1. The fourth-order valence-corrected chi connectivity index (χ4v) is 2.54. The first kappa shape index (κ1) is 17.0. The summed E-state index contributed by atoms with van der Waals surface area (Å²) in [5.74, 6) is 0.112. The number of hydrogen-bond acceptors (Lipinski definition) is 4. The van der Waals surface area contributed by atoms with Crippen molar-refractivity contribution in [3.8, 4) is 11.4 Å². The predicted molar refractivity (Wildman–Crippen MR) is 91.3 cm³/mol. The molecule has 0 bridgehead atoms. The van der Waals surface area contributed by atoms with E-state index in [1.807, 2.05) is 6.07 Å². The Labute approximate surface area is 148 Å². The van der Waals surface area contributed by atoms with Gasteiger partial charge in [0.2, 0.25) is 5.91 Å². The molecular formula is C17H15ClFN5O. The molecule has 0 aliphatic carbocycles. The number of amides is 1. The largest absolute Gasteiger partial charge is 0.346 e. The molecule has 1 aromatic carbocycles. The van der Waals surface area contributed by atoms with Crippen molar-refractivity contribution in [1.82, 2.24) is 25.5 Å². The molecule has 6 nitrogen and oxygen atoms in total. The highest BCUT2D eigenvalue weighted by Gasteiger charge is 2.17. The number of aromatic amines is 1. The molecule has 1 atom stereocenters. The van der Waals surface area contributed by atoms with E-state index < -0.39 is 11.9 Å². The zero-order valence-electron chi connectivity index (χ0n) is 13.3. The minimum absolute atomic E-state index is 0.153. The fraction of sp³-hybridized carbons (Fsp3) is 0.176. The van der Waals surface area contributed by atoms with E-state index in [9.17, 15) is 9.18 Å². The third-order valence-corrected chi connectivity index (χ3v) is 3.96. The first-order valence-electron chi connectivity index (χ1n) is 7.59. The molecule has 128 valence electrons. The van der Waals surface area contributed by atoms with Crippen LogP contribution in [0, 0.1) is 5.82 Å². The lowest BCUT2D eigenvalue weighted by Crippen LogP contribution is -2.29. The van der Waals surface area contributed by atoms with Crippen molar-refractivity contribution < 1.29 is 9.18 Å². The van der Waals surface area contributed by atoms with Gasteiger partial charge in [0.15, 0.2) is 5.82 Å². The average Bonchev–Trinajstić information content (AvgIpc) is 3.09. The van der Waals surface area contributed by atoms with Crippen molar-refractivity contribution in [2.75, 3.05) is 0 Å². The second-order valence-electron chi connectivity index (χ2n) is 5.45. The molecule has 3 aromatic rings. The Morgan fingerprint density at radius 3 is 2.92 bits per heavy atom. The molecule has 0 spiro atoms. The van der Waals surface area contributed by atoms with E-state index in [4.69, 9.17) is 11.6 Å². The van der Waals surface area contributed by atoms with E-state index in [1.165, 1.54) is 12.1 Å². The number of carbonyl (C=O) groups is 1. The van der Waals surface area contributed by atoms with Gasteiger partial charge in [0.05, 0.1) is 12.5 Å². The third kappa shape index (κ3) is 4.00. The van der Waals surface area contributed by atoms with Crippen LogP contribution < -0.4 is 5.32 Å². The van der Waals surface area contributed by atoms with Crippen molar-refractivity contribution in [1.29, 1.82) is 0 Å². The first-order valence-corrected chi connectivity index (χ1v) is 7.97. The molecule has 0 unspecified atom stereocenters. The smallest absolute Gasteiger partial charge is 0.225 e. The topological polar surface area (TPSA) is 83.6 Å².